The highest BCUT2D eigenvalue weighted by molar-refractivity contribution is 6.31. The molecule has 2 atom stereocenters. The third-order valence-corrected chi connectivity index (χ3v) is 4.06. The Morgan fingerprint density at radius 2 is 2.06 bits per heavy atom. The van der Waals surface area contributed by atoms with E-state index in [1.54, 1.807) is 0 Å². The van der Waals surface area contributed by atoms with Crippen LogP contribution in [0.3, 0.4) is 0 Å². The quantitative estimate of drug-likeness (QED) is 0.789. The number of hydrogen-bond acceptors (Lipinski definition) is 3. The minimum atomic E-state index is 0.102. The molecule has 2 heterocycles. The van der Waals surface area contributed by atoms with Crippen LogP contribution in [0.1, 0.15) is 11.6 Å². The number of rotatable bonds is 1. The van der Waals surface area contributed by atoms with Gasteiger partial charge in [0.2, 0.25) is 5.91 Å². The summed E-state index contributed by atoms with van der Waals surface area (Å²) in [5.41, 5.74) is 1.10. The fraction of sp³-hybridized carbons (Fsp3) is 0.462. The highest BCUT2D eigenvalue weighted by Gasteiger charge is 2.36. The van der Waals surface area contributed by atoms with Crippen LogP contribution in [-0.4, -0.2) is 43.0 Å². The molecule has 1 aromatic rings. The van der Waals surface area contributed by atoms with Crippen molar-refractivity contribution in [3.8, 4) is 0 Å². The van der Waals surface area contributed by atoms with Crippen molar-refractivity contribution in [3.63, 3.8) is 0 Å². The lowest BCUT2D eigenvalue weighted by Crippen LogP contribution is -2.62. The van der Waals surface area contributed by atoms with Crippen molar-refractivity contribution in [3.05, 3.63) is 34.9 Å². The van der Waals surface area contributed by atoms with Gasteiger partial charge in [-0.2, -0.15) is 0 Å². The second-order valence-electron chi connectivity index (χ2n) is 4.83. The minimum absolute atomic E-state index is 0.102. The maximum atomic E-state index is 11.6. The zero-order valence-corrected chi connectivity index (χ0v) is 10.8. The van der Waals surface area contributed by atoms with E-state index in [-0.39, 0.29) is 11.9 Å². The fourth-order valence-corrected chi connectivity index (χ4v) is 3.05. The van der Waals surface area contributed by atoms with Gasteiger partial charge in [0.25, 0.3) is 0 Å². The van der Waals surface area contributed by atoms with Crippen LogP contribution in [0.15, 0.2) is 24.3 Å². The zero-order chi connectivity index (χ0) is 12.5. The Kier molecular flexibility index (Phi) is 3.24. The highest BCUT2D eigenvalue weighted by atomic mass is 35.5. The Morgan fingerprint density at radius 3 is 2.89 bits per heavy atom. The molecule has 2 fully saturated rings. The number of nitrogens with one attached hydrogen (secondary N) is 2. The summed E-state index contributed by atoms with van der Waals surface area (Å²) < 4.78 is 0. The largest absolute Gasteiger partial charge is 0.353 e. The molecule has 0 aliphatic carbocycles. The van der Waals surface area contributed by atoms with E-state index in [9.17, 15) is 4.79 Å². The first-order valence-corrected chi connectivity index (χ1v) is 6.61. The number of benzene rings is 1. The highest BCUT2D eigenvalue weighted by Crippen LogP contribution is 2.30. The van der Waals surface area contributed by atoms with Crippen LogP contribution in [-0.2, 0) is 4.79 Å². The molecule has 3 rings (SSSR count). The van der Waals surface area contributed by atoms with E-state index in [0.29, 0.717) is 19.1 Å². The molecule has 2 saturated heterocycles. The molecule has 2 aliphatic heterocycles. The molecule has 0 spiro atoms. The third-order valence-electron chi connectivity index (χ3n) is 3.71. The van der Waals surface area contributed by atoms with Gasteiger partial charge in [-0.05, 0) is 11.6 Å². The maximum Gasteiger partial charge on any atom is 0.234 e. The topological polar surface area (TPSA) is 44.4 Å². The summed E-state index contributed by atoms with van der Waals surface area (Å²) in [4.78, 5) is 13.8. The van der Waals surface area contributed by atoms with Gasteiger partial charge in [0.15, 0.2) is 0 Å². The standard InChI is InChI=1S/C13H16ClN3O/c14-11-4-2-1-3-10(11)12-7-15-5-9-6-16-13(18)8-17(9)12/h1-4,9,12,15H,5-8H2,(H,16,18). The molecule has 0 aromatic heterocycles. The van der Waals surface area contributed by atoms with Crippen molar-refractivity contribution in [2.24, 2.45) is 0 Å². The third kappa shape index (κ3) is 2.11. The molecule has 5 heteroatoms. The summed E-state index contributed by atoms with van der Waals surface area (Å²) in [6, 6.07) is 8.42. The van der Waals surface area contributed by atoms with E-state index in [2.05, 4.69) is 15.5 Å². The number of piperazine rings is 2. The molecule has 18 heavy (non-hydrogen) atoms. The van der Waals surface area contributed by atoms with Crippen LogP contribution in [0, 0.1) is 0 Å². The lowest BCUT2D eigenvalue weighted by atomic mass is 9.98. The van der Waals surface area contributed by atoms with E-state index in [4.69, 9.17) is 11.6 Å². The average molecular weight is 266 g/mol. The van der Waals surface area contributed by atoms with Gasteiger partial charge in [-0.1, -0.05) is 29.8 Å². The summed E-state index contributed by atoms with van der Waals surface area (Å²) in [5, 5.41) is 7.11. The first-order valence-electron chi connectivity index (χ1n) is 6.23. The Labute approximate surface area is 111 Å². The summed E-state index contributed by atoms with van der Waals surface area (Å²) >= 11 is 6.27. The zero-order valence-electron chi connectivity index (χ0n) is 10.0. The van der Waals surface area contributed by atoms with Gasteiger partial charge >= 0.3 is 0 Å². The van der Waals surface area contributed by atoms with E-state index in [0.717, 1.165) is 23.7 Å². The van der Waals surface area contributed by atoms with E-state index < -0.39 is 0 Å². The molecule has 2 unspecified atom stereocenters. The van der Waals surface area contributed by atoms with Gasteiger partial charge in [0.05, 0.1) is 6.54 Å². The first kappa shape index (κ1) is 12.0. The Balaban J connectivity index is 1.90. The molecular formula is C13H16ClN3O. The van der Waals surface area contributed by atoms with Crippen LogP contribution in [0.5, 0.6) is 0 Å². The van der Waals surface area contributed by atoms with Crippen molar-refractivity contribution in [1.82, 2.24) is 15.5 Å². The van der Waals surface area contributed by atoms with Crippen LogP contribution in [0.2, 0.25) is 5.02 Å². The smallest absolute Gasteiger partial charge is 0.234 e. The predicted molar refractivity (Wildman–Crippen MR) is 70.6 cm³/mol. The molecule has 2 N–H and O–H groups in total. The van der Waals surface area contributed by atoms with E-state index in [1.165, 1.54) is 0 Å². The summed E-state index contributed by atoms with van der Waals surface area (Å²) in [5.74, 6) is 0.102. The molecule has 0 radical (unpaired) electrons. The predicted octanol–water partition coefficient (Wildman–Crippen LogP) is 0.785. The van der Waals surface area contributed by atoms with Crippen LogP contribution >= 0.6 is 11.6 Å². The Hall–Kier alpha value is -1.10. The van der Waals surface area contributed by atoms with Crippen molar-refractivity contribution >= 4 is 17.5 Å². The van der Waals surface area contributed by atoms with E-state index >= 15 is 0 Å². The Bertz CT molecular complexity index is 465. The average Bonchev–Trinajstić information content (AvgIpc) is 2.39. The second kappa shape index (κ2) is 4.88. The second-order valence-corrected chi connectivity index (χ2v) is 5.23. The van der Waals surface area contributed by atoms with Gasteiger partial charge in [-0.15, -0.1) is 0 Å². The van der Waals surface area contributed by atoms with Gasteiger partial charge in [0, 0.05) is 36.7 Å². The summed E-state index contributed by atoms with van der Waals surface area (Å²) in [6.45, 7) is 2.93. The van der Waals surface area contributed by atoms with Gasteiger partial charge in [0.1, 0.15) is 0 Å². The summed E-state index contributed by atoms with van der Waals surface area (Å²) in [7, 11) is 0. The van der Waals surface area contributed by atoms with Gasteiger partial charge in [-0.3, -0.25) is 9.69 Å². The molecule has 2 aliphatic rings. The van der Waals surface area contributed by atoms with Crippen molar-refractivity contribution in [2.45, 2.75) is 12.1 Å². The van der Waals surface area contributed by atoms with Crippen molar-refractivity contribution in [2.75, 3.05) is 26.2 Å². The summed E-state index contributed by atoms with van der Waals surface area (Å²) in [6.07, 6.45) is 0. The van der Waals surface area contributed by atoms with Crippen molar-refractivity contribution < 1.29 is 4.79 Å². The fourth-order valence-electron chi connectivity index (χ4n) is 2.79. The minimum Gasteiger partial charge on any atom is -0.353 e. The monoisotopic (exact) mass is 265 g/mol. The number of fused-ring (bicyclic) bond motifs is 1. The first-order chi connectivity index (χ1) is 8.75. The van der Waals surface area contributed by atoms with Gasteiger partial charge < -0.3 is 10.6 Å². The van der Waals surface area contributed by atoms with Crippen molar-refractivity contribution in [1.29, 1.82) is 0 Å². The SMILES string of the molecule is O=C1CN2C(CNCC2c2ccccc2Cl)CN1. The lowest BCUT2D eigenvalue weighted by molar-refractivity contribution is -0.127. The van der Waals surface area contributed by atoms with Gasteiger partial charge in [-0.25, -0.2) is 0 Å². The number of carbonyl (C=O) groups excluding carboxylic acids is 1. The Morgan fingerprint density at radius 1 is 1.22 bits per heavy atom. The van der Waals surface area contributed by atoms with Crippen LogP contribution in [0.4, 0.5) is 0 Å². The number of carbonyl (C=O) groups is 1. The molecule has 1 aromatic carbocycles. The molecule has 96 valence electrons. The lowest BCUT2D eigenvalue weighted by Gasteiger charge is -2.45. The van der Waals surface area contributed by atoms with Crippen LogP contribution < -0.4 is 10.6 Å². The number of halogens is 1. The number of hydrogen-bond donors (Lipinski definition) is 2. The molecule has 4 nitrogen and oxygen atoms in total. The van der Waals surface area contributed by atoms with E-state index in [1.807, 2.05) is 24.3 Å². The number of nitrogens with zero attached hydrogens (tertiary/aromatic N) is 1. The molecule has 0 bridgehead atoms. The maximum absolute atomic E-state index is 11.6. The van der Waals surface area contributed by atoms with Crippen LogP contribution in [0.25, 0.3) is 0 Å². The molecule has 1 amide bonds. The number of amides is 1. The normalized spacial score (nSPS) is 28.6. The molecular weight excluding hydrogens is 250 g/mol. The molecule has 0 saturated carbocycles.